The van der Waals surface area contributed by atoms with Gasteiger partial charge in [0.05, 0.1) is 0 Å². The van der Waals surface area contributed by atoms with E-state index in [2.05, 4.69) is 26.1 Å². The van der Waals surface area contributed by atoms with Gasteiger partial charge in [0.1, 0.15) is 10.3 Å². The molecule has 96 valence electrons. The summed E-state index contributed by atoms with van der Waals surface area (Å²) in [4.78, 5) is 19.7. The van der Waals surface area contributed by atoms with Crippen molar-refractivity contribution in [3.63, 3.8) is 0 Å². The van der Waals surface area contributed by atoms with Gasteiger partial charge in [-0.3, -0.25) is 20.6 Å². The van der Waals surface area contributed by atoms with Crippen LogP contribution in [-0.2, 0) is 0 Å². The number of nitrogens with zero attached hydrogens (tertiary/aromatic N) is 2. The van der Waals surface area contributed by atoms with Crippen molar-refractivity contribution in [1.82, 2.24) is 21.2 Å². The van der Waals surface area contributed by atoms with Crippen molar-refractivity contribution in [3.05, 3.63) is 28.0 Å². The Hall–Kier alpha value is -1.53. The Morgan fingerprint density at radius 1 is 1.33 bits per heavy atom. The first kappa shape index (κ1) is 12.9. The third kappa shape index (κ3) is 3.48. The van der Waals surface area contributed by atoms with Gasteiger partial charge in [-0.1, -0.05) is 23.2 Å². The van der Waals surface area contributed by atoms with E-state index in [1.165, 1.54) is 12.1 Å². The second kappa shape index (κ2) is 5.88. The standard InChI is InChI=1S/C10H11Cl2N5O/c11-7-4-6(5-8(12)15-7)9(18)16-17-10-13-2-1-3-14-10/h4-5H,1-3H2,(H,16,18)(H2,13,14,17). The zero-order chi connectivity index (χ0) is 13.0. The van der Waals surface area contributed by atoms with Gasteiger partial charge >= 0.3 is 0 Å². The van der Waals surface area contributed by atoms with Crippen LogP contribution in [0.15, 0.2) is 17.1 Å². The number of pyridine rings is 1. The van der Waals surface area contributed by atoms with Crippen LogP contribution >= 0.6 is 23.2 Å². The van der Waals surface area contributed by atoms with Crippen molar-refractivity contribution in [2.45, 2.75) is 6.42 Å². The Kier molecular flexibility index (Phi) is 4.22. The first-order chi connectivity index (χ1) is 8.65. The Balaban J connectivity index is 1.97. The second-order valence-corrected chi connectivity index (χ2v) is 4.37. The molecular formula is C10H11Cl2N5O. The number of rotatable bonds is 1. The summed E-state index contributed by atoms with van der Waals surface area (Å²) < 4.78 is 0. The molecule has 0 radical (unpaired) electrons. The van der Waals surface area contributed by atoms with E-state index in [4.69, 9.17) is 23.2 Å². The van der Waals surface area contributed by atoms with Gasteiger partial charge < -0.3 is 5.32 Å². The van der Waals surface area contributed by atoms with E-state index in [0.29, 0.717) is 11.5 Å². The third-order valence-electron chi connectivity index (χ3n) is 2.22. The molecule has 1 aliphatic rings. The van der Waals surface area contributed by atoms with Crippen LogP contribution in [0.25, 0.3) is 0 Å². The van der Waals surface area contributed by atoms with Crippen molar-refractivity contribution >= 4 is 35.1 Å². The molecule has 0 bridgehead atoms. The summed E-state index contributed by atoms with van der Waals surface area (Å²) in [6.07, 6.45) is 0.981. The largest absolute Gasteiger partial charge is 0.355 e. The fraction of sp³-hybridized carbons (Fsp3) is 0.300. The summed E-state index contributed by atoms with van der Waals surface area (Å²) in [6, 6.07) is 2.86. The number of hydrogen-bond donors (Lipinski definition) is 3. The molecule has 0 saturated heterocycles. The van der Waals surface area contributed by atoms with Crippen LogP contribution in [0.5, 0.6) is 0 Å². The number of carbonyl (C=O) groups excluding carboxylic acids is 1. The summed E-state index contributed by atoms with van der Waals surface area (Å²) in [5, 5.41) is 3.34. The Labute approximate surface area is 114 Å². The quantitative estimate of drug-likeness (QED) is 0.531. The fourth-order valence-electron chi connectivity index (χ4n) is 1.40. The molecule has 0 aliphatic carbocycles. The maximum atomic E-state index is 11.8. The van der Waals surface area contributed by atoms with E-state index < -0.39 is 0 Å². The Morgan fingerprint density at radius 2 is 2.06 bits per heavy atom. The molecule has 0 spiro atoms. The molecule has 0 atom stereocenters. The number of aliphatic imine (C=N–C) groups is 1. The fourth-order valence-corrected chi connectivity index (χ4v) is 1.86. The van der Waals surface area contributed by atoms with Crippen molar-refractivity contribution in [1.29, 1.82) is 0 Å². The van der Waals surface area contributed by atoms with Crippen molar-refractivity contribution < 1.29 is 4.79 Å². The minimum Gasteiger partial charge on any atom is -0.355 e. The molecule has 1 aromatic heterocycles. The van der Waals surface area contributed by atoms with Gasteiger partial charge in [0, 0.05) is 18.7 Å². The smallest absolute Gasteiger partial charge is 0.269 e. The Bertz CT molecular complexity index is 471. The maximum Gasteiger partial charge on any atom is 0.269 e. The van der Waals surface area contributed by atoms with E-state index >= 15 is 0 Å². The number of amides is 1. The van der Waals surface area contributed by atoms with Crippen molar-refractivity contribution in [3.8, 4) is 0 Å². The SMILES string of the molecule is O=C(NNC1=NCCCN1)c1cc(Cl)nc(Cl)c1. The van der Waals surface area contributed by atoms with Gasteiger partial charge in [0.15, 0.2) is 0 Å². The molecule has 0 fully saturated rings. The number of carbonyl (C=O) groups is 1. The summed E-state index contributed by atoms with van der Waals surface area (Å²) in [5.41, 5.74) is 5.51. The molecule has 0 unspecified atom stereocenters. The van der Waals surface area contributed by atoms with Crippen LogP contribution in [0.4, 0.5) is 0 Å². The van der Waals surface area contributed by atoms with Crippen molar-refractivity contribution in [2.24, 2.45) is 4.99 Å². The first-order valence-electron chi connectivity index (χ1n) is 5.33. The van der Waals surface area contributed by atoms with Crippen LogP contribution in [0.3, 0.4) is 0 Å². The molecule has 1 aromatic rings. The molecule has 3 N–H and O–H groups in total. The molecule has 0 aromatic carbocycles. The molecule has 2 rings (SSSR count). The summed E-state index contributed by atoms with van der Waals surface area (Å²) in [5.74, 6) is 0.178. The van der Waals surface area contributed by atoms with Gasteiger partial charge in [-0.15, -0.1) is 0 Å². The van der Waals surface area contributed by atoms with Gasteiger partial charge in [-0.25, -0.2) is 4.98 Å². The number of halogens is 2. The predicted molar refractivity (Wildman–Crippen MR) is 69.8 cm³/mol. The topological polar surface area (TPSA) is 78.4 Å². The molecule has 6 nitrogen and oxygen atoms in total. The van der Waals surface area contributed by atoms with Crippen LogP contribution in [0.1, 0.15) is 16.8 Å². The Morgan fingerprint density at radius 3 is 2.67 bits per heavy atom. The molecular weight excluding hydrogens is 277 g/mol. The second-order valence-electron chi connectivity index (χ2n) is 3.59. The zero-order valence-corrected chi connectivity index (χ0v) is 10.8. The summed E-state index contributed by atoms with van der Waals surface area (Å²) >= 11 is 11.4. The zero-order valence-electron chi connectivity index (χ0n) is 9.33. The monoisotopic (exact) mass is 287 g/mol. The van der Waals surface area contributed by atoms with Crippen LogP contribution < -0.4 is 16.2 Å². The average Bonchev–Trinajstić information content (AvgIpc) is 2.36. The maximum absolute atomic E-state index is 11.8. The number of hydrogen-bond acceptors (Lipinski definition) is 5. The molecule has 2 heterocycles. The van der Waals surface area contributed by atoms with Crippen molar-refractivity contribution in [2.75, 3.05) is 13.1 Å². The lowest BCUT2D eigenvalue weighted by Gasteiger charge is -2.16. The first-order valence-corrected chi connectivity index (χ1v) is 6.08. The van der Waals surface area contributed by atoms with Crippen LogP contribution in [0, 0.1) is 0 Å². The number of guanidine groups is 1. The lowest BCUT2D eigenvalue weighted by atomic mass is 10.2. The van der Waals surface area contributed by atoms with E-state index in [-0.39, 0.29) is 16.2 Å². The summed E-state index contributed by atoms with van der Waals surface area (Å²) in [6.45, 7) is 1.56. The summed E-state index contributed by atoms with van der Waals surface area (Å²) in [7, 11) is 0. The highest BCUT2D eigenvalue weighted by Crippen LogP contribution is 2.14. The average molecular weight is 288 g/mol. The van der Waals surface area contributed by atoms with E-state index in [1.807, 2.05) is 0 Å². The molecule has 8 heteroatoms. The van der Waals surface area contributed by atoms with Crippen LogP contribution in [-0.4, -0.2) is 29.9 Å². The minimum absolute atomic E-state index is 0.167. The van der Waals surface area contributed by atoms with Crippen LogP contribution in [0.2, 0.25) is 10.3 Å². The lowest BCUT2D eigenvalue weighted by Crippen LogP contribution is -2.49. The van der Waals surface area contributed by atoms with E-state index in [9.17, 15) is 4.79 Å². The van der Waals surface area contributed by atoms with Gasteiger partial charge in [0.2, 0.25) is 5.96 Å². The van der Waals surface area contributed by atoms with E-state index in [0.717, 1.165) is 19.5 Å². The molecule has 1 aliphatic heterocycles. The normalized spacial score (nSPS) is 14.4. The van der Waals surface area contributed by atoms with E-state index in [1.54, 1.807) is 0 Å². The van der Waals surface area contributed by atoms with Gasteiger partial charge in [0.25, 0.3) is 5.91 Å². The number of nitrogens with one attached hydrogen (secondary N) is 3. The molecule has 1 amide bonds. The minimum atomic E-state index is -0.365. The number of aromatic nitrogens is 1. The highest BCUT2D eigenvalue weighted by atomic mass is 35.5. The van der Waals surface area contributed by atoms with Gasteiger partial charge in [-0.05, 0) is 18.6 Å². The highest BCUT2D eigenvalue weighted by molar-refractivity contribution is 6.33. The third-order valence-corrected chi connectivity index (χ3v) is 2.60. The predicted octanol–water partition coefficient (Wildman–Crippen LogP) is 0.972. The highest BCUT2D eigenvalue weighted by Gasteiger charge is 2.10. The molecule has 0 saturated carbocycles. The van der Waals surface area contributed by atoms with Gasteiger partial charge in [-0.2, -0.15) is 0 Å². The molecule has 18 heavy (non-hydrogen) atoms. The lowest BCUT2D eigenvalue weighted by molar-refractivity contribution is 0.0943. The number of hydrazine groups is 1.